The molecule has 0 bridgehead atoms. The lowest BCUT2D eigenvalue weighted by Crippen LogP contribution is -2.45. The second-order valence-corrected chi connectivity index (χ2v) is 7.91. The number of benzene rings is 2. The molecule has 156 valence electrons. The zero-order valence-corrected chi connectivity index (χ0v) is 17.0. The van der Waals surface area contributed by atoms with E-state index >= 15 is 0 Å². The summed E-state index contributed by atoms with van der Waals surface area (Å²) in [5.41, 5.74) is 2.95. The third-order valence-corrected chi connectivity index (χ3v) is 5.72. The number of nitrogens with zero attached hydrogens (tertiary/aromatic N) is 1. The summed E-state index contributed by atoms with van der Waals surface area (Å²) < 4.78 is 18.9. The highest BCUT2D eigenvalue weighted by atomic mass is 19.1. The molecule has 1 aromatic heterocycles. The van der Waals surface area contributed by atoms with Gasteiger partial charge in [0.15, 0.2) is 5.76 Å². The topological polar surface area (TPSA) is 45.5 Å². The zero-order valence-electron chi connectivity index (χ0n) is 17.0. The number of nitrogens with one attached hydrogen (secondary N) is 1. The van der Waals surface area contributed by atoms with Crippen molar-refractivity contribution in [3.05, 3.63) is 95.2 Å². The number of furan rings is 1. The highest BCUT2D eigenvalue weighted by Gasteiger charge is 2.23. The van der Waals surface area contributed by atoms with Gasteiger partial charge in [0.25, 0.3) is 5.91 Å². The van der Waals surface area contributed by atoms with Crippen molar-refractivity contribution in [3.63, 3.8) is 0 Å². The zero-order chi connectivity index (χ0) is 20.8. The van der Waals surface area contributed by atoms with Crippen LogP contribution in [0, 0.1) is 5.82 Å². The second kappa shape index (κ2) is 9.72. The van der Waals surface area contributed by atoms with Crippen molar-refractivity contribution < 1.29 is 13.6 Å². The van der Waals surface area contributed by atoms with Gasteiger partial charge in [-0.15, -0.1) is 0 Å². The molecule has 0 spiro atoms. The maximum atomic E-state index is 13.4. The summed E-state index contributed by atoms with van der Waals surface area (Å²) in [6.07, 6.45) is 4.90. The first-order valence-electron chi connectivity index (χ1n) is 10.6. The monoisotopic (exact) mass is 406 g/mol. The quantitative estimate of drug-likeness (QED) is 0.631. The molecule has 2 aromatic carbocycles. The van der Waals surface area contributed by atoms with Gasteiger partial charge in [-0.2, -0.15) is 0 Å². The third kappa shape index (κ3) is 5.36. The largest absolute Gasteiger partial charge is 0.459 e. The van der Waals surface area contributed by atoms with E-state index < -0.39 is 0 Å². The molecule has 4 rings (SSSR count). The normalized spacial score (nSPS) is 15.2. The van der Waals surface area contributed by atoms with Crippen LogP contribution in [0.4, 0.5) is 4.39 Å². The summed E-state index contributed by atoms with van der Waals surface area (Å²) in [7, 11) is 0. The van der Waals surface area contributed by atoms with Crippen LogP contribution in [0.2, 0.25) is 0 Å². The summed E-state index contributed by atoms with van der Waals surface area (Å²) in [5.74, 6) is -0.138. The van der Waals surface area contributed by atoms with Crippen LogP contribution in [0.25, 0.3) is 0 Å². The molecule has 5 heteroatoms. The number of rotatable bonds is 7. The number of hydrogen-bond acceptors (Lipinski definition) is 3. The van der Waals surface area contributed by atoms with Crippen molar-refractivity contribution in [3.8, 4) is 0 Å². The van der Waals surface area contributed by atoms with Crippen molar-refractivity contribution in [1.29, 1.82) is 0 Å². The molecule has 1 N–H and O–H groups in total. The lowest BCUT2D eigenvalue weighted by atomic mass is 10.0. The Morgan fingerprint density at radius 2 is 1.80 bits per heavy atom. The fourth-order valence-corrected chi connectivity index (χ4v) is 4.02. The summed E-state index contributed by atoms with van der Waals surface area (Å²) in [4.78, 5) is 15.2. The van der Waals surface area contributed by atoms with Crippen molar-refractivity contribution in [2.75, 3.05) is 19.6 Å². The van der Waals surface area contributed by atoms with Gasteiger partial charge < -0.3 is 14.6 Å². The number of carbonyl (C=O) groups is 1. The van der Waals surface area contributed by atoms with Crippen LogP contribution in [0.5, 0.6) is 0 Å². The molecule has 0 radical (unpaired) electrons. The Morgan fingerprint density at radius 1 is 1.03 bits per heavy atom. The fourth-order valence-electron chi connectivity index (χ4n) is 4.02. The van der Waals surface area contributed by atoms with Gasteiger partial charge in [-0.05, 0) is 48.6 Å². The number of carbonyl (C=O) groups excluding carboxylic acids is 1. The first-order chi connectivity index (χ1) is 14.7. The molecular weight excluding hydrogens is 379 g/mol. The molecule has 1 amide bonds. The molecule has 0 aliphatic carbocycles. The molecule has 1 aliphatic heterocycles. The van der Waals surface area contributed by atoms with Crippen LogP contribution in [0.15, 0.2) is 71.3 Å². The van der Waals surface area contributed by atoms with Gasteiger partial charge in [0.2, 0.25) is 0 Å². The van der Waals surface area contributed by atoms with Crippen LogP contribution in [-0.2, 0) is 12.8 Å². The Balaban J connectivity index is 1.27. The average molecular weight is 407 g/mol. The average Bonchev–Trinajstić information content (AvgIpc) is 3.22. The predicted molar refractivity (Wildman–Crippen MR) is 115 cm³/mol. The molecule has 0 atom stereocenters. The highest BCUT2D eigenvalue weighted by molar-refractivity contribution is 5.93. The van der Waals surface area contributed by atoms with E-state index in [-0.39, 0.29) is 17.8 Å². The Morgan fingerprint density at radius 3 is 2.57 bits per heavy atom. The summed E-state index contributed by atoms with van der Waals surface area (Å²) in [5, 5.41) is 3.12. The molecule has 2 heterocycles. The molecule has 0 unspecified atom stereocenters. The summed E-state index contributed by atoms with van der Waals surface area (Å²) >= 11 is 0. The van der Waals surface area contributed by atoms with Gasteiger partial charge in [-0.3, -0.25) is 4.79 Å². The van der Waals surface area contributed by atoms with E-state index in [4.69, 9.17) is 4.42 Å². The maximum Gasteiger partial charge on any atom is 0.287 e. The second-order valence-electron chi connectivity index (χ2n) is 7.91. The van der Waals surface area contributed by atoms with Crippen LogP contribution in [-0.4, -0.2) is 36.5 Å². The van der Waals surface area contributed by atoms with Crippen molar-refractivity contribution in [2.24, 2.45) is 0 Å². The molecule has 0 saturated carbocycles. The van der Waals surface area contributed by atoms with E-state index in [9.17, 15) is 9.18 Å². The molecule has 1 aliphatic rings. The molecule has 3 aromatic rings. The minimum absolute atomic E-state index is 0.151. The lowest BCUT2D eigenvalue weighted by Gasteiger charge is -2.32. The lowest BCUT2D eigenvalue weighted by molar-refractivity contribution is 0.0882. The van der Waals surface area contributed by atoms with Gasteiger partial charge in [-0.1, -0.05) is 42.5 Å². The number of piperidine rings is 1. The van der Waals surface area contributed by atoms with Crippen LogP contribution < -0.4 is 5.32 Å². The third-order valence-electron chi connectivity index (χ3n) is 5.72. The van der Waals surface area contributed by atoms with E-state index in [2.05, 4.69) is 34.5 Å². The molecule has 4 nitrogen and oxygen atoms in total. The molecule has 1 fully saturated rings. The van der Waals surface area contributed by atoms with Gasteiger partial charge in [-0.25, -0.2) is 4.39 Å². The molecule has 30 heavy (non-hydrogen) atoms. The van der Waals surface area contributed by atoms with Crippen molar-refractivity contribution in [2.45, 2.75) is 31.7 Å². The Kier molecular flexibility index (Phi) is 6.60. The van der Waals surface area contributed by atoms with Crippen LogP contribution in [0.3, 0.4) is 0 Å². The van der Waals surface area contributed by atoms with Gasteiger partial charge >= 0.3 is 0 Å². The molecule has 1 saturated heterocycles. The van der Waals surface area contributed by atoms with E-state index in [0.29, 0.717) is 12.2 Å². The van der Waals surface area contributed by atoms with E-state index in [1.165, 1.54) is 24.0 Å². The van der Waals surface area contributed by atoms with Crippen LogP contribution >= 0.6 is 0 Å². The van der Waals surface area contributed by atoms with Crippen LogP contribution in [0.1, 0.15) is 40.1 Å². The van der Waals surface area contributed by atoms with E-state index in [1.54, 1.807) is 12.1 Å². The summed E-state index contributed by atoms with van der Waals surface area (Å²) in [6.45, 7) is 3.00. The Hall–Kier alpha value is -2.92. The minimum atomic E-state index is -0.277. The van der Waals surface area contributed by atoms with E-state index in [1.807, 2.05) is 12.1 Å². The minimum Gasteiger partial charge on any atom is -0.459 e. The maximum absolute atomic E-state index is 13.4. The molecular formula is C25H27FN2O2. The Labute approximate surface area is 176 Å². The van der Waals surface area contributed by atoms with Crippen molar-refractivity contribution in [1.82, 2.24) is 10.2 Å². The predicted octanol–water partition coefficient (Wildman–Crippen LogP) is 4.45. The number of likely N-dealkylation sites (tertiary alicyclic amines) is 1. The Bertz CT molecular complexity index is 962. The first-order valence-corrected chi connectivity index (χ1v) is 10.6. The summed E-state index contributed by atoms with van der Waals surface area (Å²) in [6, 6.07) is 18.9. The van der Waals surface area contributed by atoms with Gasteiger partial charge in [0.05, 0.1) is 6.26 Å². The van der Waals surface area contributed by atoms with Gasteiger partial charge in [0, 0.05) is 37.7 Å². The number of hydrogen-bond donors (Lipinski definition) is 1. The number of amides is 1. The highest BCUT2D eigenvalue weighted by Crippen LogP contribution is 2.18. The SMILES string of the molecule is O=C(NC1CCN(CCc2ccccc2)CC1)c1occc1Cc1cccc(F)c1. The van der Waals surface area contributed by atoms with E-state index in [0.717, 1.165) is 50.0 Å². The van der Waals surface area contributed by atoms with Gasteiger partial charge in [0.1, 0.15) is 5.82 Å². The number of halogens is 1. The van der Waals surface area contributed by atoms with Crippen molar-refractivity contribution >= 4 is 5.91 Å². The smallest absolute Gasteiger partial charge is 0.287 e. The standard InChI is InChI=1S/C25H27FN2O2/c26-22-8-4-7-20(18-22)17-21-12-16-30-24(21)25(29)27-23-10-14-28(15-11-23)13-9-19-5-2-1-3-6-19/h1-8,12,16,18,23H,9-11,13-15,17H2,(H,27,29). The first kappa shape index (κ1) is 20.4. The fraction of sp³-hybridized carbons (Fsp3) is 0.320.